The quantitative estimate of drug-likeness (QED) is 0.210. The molecule has 1 fully saturated rings. The van der Waals surface area contributed by atoms with Gasteiger partial charge >= 0.3 is 0 Å². The van der Waals surface area contributed by atoms with E-state index in [4.69, 9.17) is 26.3 Å². The van der Waals surface area contributed by atoms with Gasteiger partial charge in [-0.15, -0.1) is 0 Å². The summed E-state index contributed by atoms with van der Waals surface area (Å²) in [6.45, 7) is 4.18. The Kier molecular flexibility index (Phi) is 8.84. The highest BCUT2D eigenvalue weighted by molar-refractivity contribution is 8.13. The Balaban J connectivity index is 1.70. The van der Waals surface area contributed by atoms with E-state index in [0.29, 0.717) is 40.2 Å². The number of methoxy groups -OCH3 is 1. The SMILES string of the molecule is COCCCN1CCC(NC(=O)c2cc(Cl)c(N=C(NC#N)SC)c3c2OCC3)CC1. The van der Waals surface area contributed by atoms with Gasteiger partial charge in [0.25, 0.3) is 5.91 Å². The number of nitrogens with zero attached hydrogens (tertiary/aromatic N) is 3. The minimum Gasteiger partial charge on any atom is -0.492 e. The van der Waals surface area contributed by atoms with Gasteiger partial charge in [0.05, 0.1) is 22.9 Å². The molecule has 0 bridgehead atoms. The molecule has 2 heterocycles. The summed E-state index contributed by atoms with van der Waals surface area (Å²) in [4.78, 5) is 19.9. The molecule has 2 aliphatic heterocycles. The third kappa shape index (κ3) is 6.04. The minimum atomic E-state index is -0.173. The topological polar surface area (TPSA) is 99.0 Å². The van der Waals surface area contributed by atoms with Crippen LogP contribution in [0.15, 0.2) is 11.1 Å². The molecule has 168 valence electrons. The number of aliphatic imine (C=N–C) groups is 1. The molecule has 1 amide bonds. The second-order valence-corrected chi connectivity index (χ2v) is 8.66. The van der Waals surface area contributed by atoms with Gasteiger partial charge in [-0.25, -0.2) is 4.99 Å². The Hall–Kier alpha value is -1.99. The van der Waals surface area contributed by atoms with Crippen LogP contribution < -0.4 is 15.4 Å². The molecule has 0 atom stereocenters. The molecule has 0 unspecified atom stereocenters. The van der Waals surface area contributed by atoms with Crippen molar-refractivity contribution in [3.63, 3.8) is 0 Å². The lowest BCUT2D eigenvalue weighted by Crippen LogP contribution is -2.45. The monoisotopic (exact) mass is 465 g/mol. The number of nitrogens with one attached hydrogen (secondary N) is 2. The zero-order chi connectivity index (χ0) is 22.2. The number of nitriles is 1. The molecule has 3 rings (SSSR count). The first-order valence-electron chi connectivity index (χ1n) is 10.4. The molecule has 31 heavy (non-hydrogen) atoms. The molecule has 1 aromatic carbocycles. The van der Waals surface area contributed by atoms with Gasteiger partial charge in [0.2, 0.25) is 0 Å². The lowest BCUT2D eigenvalue weighted by molar-refractivity contribution is 0.0904. The molecule has 0 aromatic heterocycles. The van der Waals surface area contributed by atoms with Crippen LogP contribution in [-0.2, 0) is 11.2 Å². The first kappa shape index (κ1) is 23.7. The van der Waals surface area contributed by atoms with Gasteiger partial charge in [0.15, 0.2) is 11.4 Å². The fourth-order valence-electron chi connectivity index (χ4n) is 3.89. The van der Waals surface area contributed by atoms with Gasteiger partial charge in [0, 0.05) is 51.4 Å². The van der Waals surface area contributed by atoms with E-state index in [-0.39, 0.29) is 11.9 Å². The number of carbonyl (C=O) groups excluding carboxylic acids is 1. The molecule has 0 aliphatic carbocycles. The fourth-order valence-corrected chi connectivity index (χ4v) is 4.48. The Morgan fingerprint density at radius 2 is 2.26 bits per heavy atom. The summed E-state index contributed by atoms with van der Waals surface area (Å²) in [6, 6.07) is 1.74. The molecule has 0 radical (unpaired) electrons. The molecular weight excluding hydrogens is 438 g/mol. The van der Waals surface area contributed by atoms with Crippen LogP contribution in [0.25, 0.3) is 0 Å². The second-order valence-electron chi connectivity index (χ2n) is 7.45. The van der Waals surface area contributed by atoms with Crippen LogP contribution in [0.3, 0.4) is 0 Å². The number of carbonyl (C=O) groups is 1. The number of hydrogen-bond donors (Lipinski definition) is 2. The second kappa shape index (κ2) is 11.6. The number of piperidine rings is 1. The number of fused-ring (bicyclic) bond motifs is 1. The highest BCUT2D eigenvalue weighted by Gasteiger charge is 2.28. The summed E-state index contributed by atoms with van der Waals surface area (Å²) in [7, 11) is 1.72. The van der Waals surface area contributed by atoms with Crippen molar-refractivity contribution in [1.29, 1.82) is 5.26 Å². The minimum absolute atomic E-state index is 0.127. The van der Waals surface area contributed by atoms with Crippen molar-refractivity contribution in [2.75, 3.05) is 46.2 Å². The van der Waals surface area contributed by atoms with E-state index in [1.165, 1.54) is 11.8 Å². The zero-order valence-corrected chi connectivity index (χ0v) is 19.4. The molecule has 2 N–H and O–H groups in total. The zero-order valence-electron chi connectivity index (χ0n) is 17.9. The number of ether oxygens (including phenoxy) is 2. The number of halogens is 1. The summed E-state index contributed by atoms with van der Waals surface area (Å²) in [5.74, 6) is 0.365. The van der Waals surface area contributed by atoms with Crippen molar-refractivity contribution in [3.05, 3.63) is 22.2 Å². The van der Waals surface area contributed by atoms with Gasteiger partial charge in [-0.05, 0) is 31.6 Å². The van der Waals surface area contributed by atoms with Crippen molar-refractivity contribution in [2.24, 2.45) is 4.99 Å². The van der Waals surface area contributed by atoms with Crippen molar-refractivity contribution in [3.8, 4) is 11.9 Å². The van der Waals surface area contributed by atoms with E-state index < -0.39 is 0 Å². The lowest BCUT2D eigenvalue weighted by Gasteiger charge is -2.32. The first-order chi connectivity index (χ1) is 15.1. The Labute approximate surface area is 192 Å². The van der Waals surface area contributed by atoms with Crippen LogP contribution in [-0.4, -0.2) is 68.2 Å². The number of benzene rings is 1. The molecule has 0 spiro atoms. The van der Waals surface area contributed by atoms with Crippen molar-refractivity contribution >= 4 is 40.1 Å². The highest BCUT2D eigenvalue weighted by Crippen LogP contribution is 2.42. The average molecular weight is 466 g/mol. The predicted octanol–water partition coefficient (Wildman–Crippen LogP) is 2.93. The molecule has 1 aromatic rings. The maximum Gasteiger partial charge on any atom is 0.255 e. The number of amidine groups is 1. The van der Waals surface area contributed by atoms with E-state index in [2.05, 4.69) is 20.5 Å². The van der Waals surface area contributed by atoms with Crippen LogP contribution in [0.4, 0.5) is 5.69 Å². The van der Waals surface area contributed by atoms with Crippen LogP contribution in [0.2, 0.25) is 5.02 Å². The lowest BCUT2D eigenvalue weighted by atomic mass is 10.0. The summed E-state index contributed by atoms with van der Waals surface area (Å²) in [5, 5.41) is 15.4. The van der Waals surface area contributed by atoms with E-state index in [1.807, 2.05) is 12.4 Å². The predicted molar refractivity (Wildman–Crippen MR) is 123 cm³/mol. The average Bonchev–Trinajstić information content (AvgIpc) is 3.26. The van der Waals surface area contributed by atoms with Gasteiger partial charge < -0.3 is 19.7 Å². The van der Waals surface area contributed by atoms with E-state index in [0.717, 1.165) is 51.1 Å². The number of likely N-dealkylation sites (tertiary alicyclic amines) is 1. The third-order valence-electron chi connectivity index (χ3n) is 5.46. The number of thioether (sulfide) groups is 1. The van der Waals surface area contributed by atoms with Crippen molar-refractivity contribution < 1.29 is 14.3 Å². The maximum atomic E-state index is 13.0. The van der Waals surface area contributed by atoms with Crippen LogP contribution in [0.1, 0.15) is 35.2 Å². The van der Waals surface area contributed by atoms with Gasteiger partial charge in [-0.2, -0.15) is 5.26 Å². The Morgan fingerprint density at radius 3 is 2.94 bits per heavy atom. The van der Waals surface area contributed by atoms with Crippen molar-refractivity contribution in [2.45, 2.75) is 31.7 Å². The summed E-state index contributed by atoms with van der Waals surface area (Å²) in [6.07, 6.45) is 7.14. The largest absolute Gasteiger partial charge is 0.492 e. The fraction of sp³-hybridized carbons (Fsp3) is 0.571. The van der Waals surface area contributed by atoms with Gasteiger partial charge in [-0.1, -0.05) is 23.4 Å². The van der Waals surface area contributed by atoms with Crippen LogP contribution >= 0.6 is 23.4 Å². The Morgan fingerprint density at radius 1 is 1.48 bits per heavy atom. The standard InChI is InChI=1S/C21H28ClN5O3S/c1-29-10-3-7-27-8-4-14(5-9-27)25-20(28)16-12-17(22)18(15-6-11-30-19(15)16)26-21(31-2)24-13-23/h12,14H,3-11H2,1-2H3,(H,24,26)(H,25,28). The third-order valence-corrected chi connectivity index (χ3v) is 6.33. The smallest absolute Gasteiger partial charge is 0.255 e. The molecule has 2 aliphatic rings. The summed E-state index contributed by atoms with van der Waals surface area (Å²) >= 11 is 7.81. The highest BCUT2D eigenvalue weighted by atomic mass is 35.5. The summed E-state index contributed by atoms with van der Waals surface area (Å²) in [5.41, 5.74) is 1.79. The number of amides is 1. The molecule has 10 heteroatoms. The molecular formula is C21H28ClN5O3S. The molecule has 1 saturated heterocycles. The van der Waals surface area contributed by atoms with Gasteiger partial charge in [-0.3, -0.25) is 10.1 Å². The first-order valence-corrected chi connectivity index (χ1v) is 12.0. The Bertz CT molecular complexity index is 866. The van der Waals surface area contributed by atoms with E-state index >= 15 is 0 Å². The van der Waals surface area contributed by atoms with Crippen LogP contribution in [0, 0.1) is 11.5 Å². The molecule has 0 saturated carbocycles. The number of hydrogen-bond acceptors (Lipinski definition) is 7. The van der Waals surface area contributed by atoms with Crippen LogP contribution in [0.5, 0.6) is 5.75 Å². The molecule has 8 nitrogen and oxygen atoms in total. The van der Waals surface area contributed by atoms with E-state index in [1.54, 1.807) is 13.2 Å². The maximum absolute atomic E-state index is 13.0. The summed E-state index contributed by atoms with van der Waals surface area (Å²) < 4.78 is 10.9. The normalized spacial score (nSPS) is 17.0. The van der Waals surface area contributed by atoms with Crippen molar-refractivity contribution in [1.82, 2.24) is 15.5 Å². The van der Waals surface area contributed by atoms with Gasteiger partial charge in [0.1, 0.15) is 5.75 Å². The number of rotatable bonds is 7. The van der Waals surface area contributed by atoms with E-state index in [9.17, 15) is 4.79 Å².